The number of rotatable bonds is 7. The van der Waals surface area contributed by atoms with Gasteiger partial charge in [0, 0.05) is 11.9 Å². The van der Waals surface area contributed by atoms with E-state index in [0.717, 1.165) is 38.0 Å². The summed E-state index contributed by atoms with van der Waals surface area (Å²) in [7, 11) is 1.46. The van der Waals surface area contributed by atoms with Crippen LogP contribution in [0.1, 0.15) is 39.5 Å². The largest absolute Gasteiger partial charge is 0.468 e. The second kappa shape index (κ2) is 8.12. The van der Waals surface area contributed by atoms with Crippen LogP contribution >= 0.6 is 11.8 Å². The van der Waals surface area contributed by atoms with E-state index in [2.05, 4.69) is 5.32 Å². The SMILES string of the molecule is CCNC1(C(=O)OC)CCCC(SCC(C)CO)C1. The predicted octanol–water partition coefficient (Wildman–Crippen LogP) is 1.81. The average molecular weight is 289 g/mol. The minimum Gasteiger partial charge on any atom is -0.468 e. The molecular weight excluding hydrogens is 262 g/mol. The molecule has 0 heterocycles. The van der Waals surface area contributed by atoms with E-state index in [0.29, 0.717) is 11.2 Å². The van der Waals surface area contributed by atoms with Gasteiger partial charge in [0.05, 0.1) is 7.11 Å². The maximum Gasteiger partial charge on any atom is 0.326 e. The van der Waals surface area contributed by atoms with Gasteiger partial charge in [0.25, 0.3) is 0 Å². The second-order valence-electron chi connectivity index (χ2n) is 5.44. The van der Waals surface area contributed by atoms with Gasteiger partial charge in [-0.2, -0.15) is 11.8 Å². The first kappa shape index (κ1) is 16.8. The first-order valence-corrected chi connectivity index (χ1v) is 8.18. The number of aliphatic hydroxyl groups is 1. The van der Waals surface area contributed by atoms with Crippen LogP contribution in [0.15, 0.2) is 0 Å². The van der Waals surface area contributed by atoms with Crippen LogP contribution in [-0.2, 0) is 9.53 Å². The van der Waals surface area contributed by atoms with E-state index < -0.39 is 5.54 Å². The first-order chi connectivity index (χ1) is 9.07. The molecule has 0 amide bonds. The Morgan fingerprint density at radius 3 is 2.95 bits per heavy atom. The number of ether oxygens (including phenoxy) is 1. The highest BCUT2D eigenvalue weighted by Crippen LogP contribution is 2.36. The van der Waals surface area contributed by atoms with Crippen molar-refractivity contribution >= 4 is 17.7 Å². The molecule has 4 nitrogen and oxygen atoms in total. The Labute approximate surface area is 120 Å². The predicted molar refractivity (Wildman–Crippen MR) is 79.4 cm³/mol. The van der Waals surface area contributed by atoms with E-state index in [1.165, 1.54) is 7.11 Å². The van der Waals surface area contributed by atoms with Crippen LogP contribution in [0, 0.1) is 5.92 Å². The third-order valence-corrected chi connectivity index (χ3v) is 5.36. The van der Waals surface area contributed by atoms with Crippen molar-refractivity contribution in [3.05, 3.63) is 0 Å². The number of aliphatic hydroxyl groups excluding tert-OH is 1. The fourth-order valence-electron chi connectivity index (χ4n) is 2.67. The number of likely N-dealkylation sites (N-methyl/N-ethyl adjacent to an activating group) is 1. The van der Waals surface area contributed by atoms with Crippen molar-refractivity contribution < 1.29 is 14.6 Å². The lowest BCUT2D eigenvalue weighted by atomic mass is 9.81. The molecule has 1 aliphatic rings. The molecular formula is C14H27NO3S. The Kier molecular flexibility index (Phi) is 7.18. The molecule has 3 atom stereocenters. The van der Waals surface area contributed by atoms with E-state index in [9.17, 15) is 4.79 Å². The summed E-state index contributed by atoms with van der Waals surface area (Å²) in [5.74, 6) is 1.14. The van der Waals surface area contributed by atoms with Crippen LogP contribution in [0.25, 0.3) is 0 Å². The molecule has 0 radical (unpaired) electrons. The maximum atomic E-state index is 12.1. The summed E-state index contributed by atoms with van der Waals surface area (Å²) in [6, 6.07) is 0. The lowest BCUT2D eigenvalue weighted by Crippen LogP contribution is -2.56. The van der Waals surface area contributed by atoms with Crippen LogP contribution in [0.2, 0.25) is 0 Å². The van der Waals surface area contributed by atoms with Crippen molar-refractivity contribution in [2.24, 2.45) is 5.92 Å². The summed E-state index contributed by atoms with van der Waals surface area (Å²) < 4.78 is 4.99. The quantitative estimate of drug-likeness (QED) is 0.700. The van der Waals surface area contributed by atoms with Crippen LogP contribution in [0.5, 0.6) is 0 Å². The molecule has 0 saturated heterocycles. The normalized spacial score (nSPS) is 28.9. The molecule has 2 N–H and O–H groups in total. The number of carbonyl (C=O) groups excluding carboxylic acids is 1. The lowest BCUT2D eigenvalue weighted by molar-refractivity contribution is -0.150. The van der Waals surface area contributed by atoms with Gasteiger partial charge in [0.1, 0.15) is 5.54 Å². The molecule has 1 aliphatic carbocycles. The monoisotopic (exact) mass is 289 g/mol. The van der Waals surface area contributed by atoms with Crippen LogP contribution in [0.4, 0.5) is 0 Å². The van der Waals surface area contributed by atoms with Gasteiger partial charge in [-0.3, -0.25) is 4.79 Å². The maximum absolute atomic E-state index is 12.1. The zero-order chi connectivity index (χ0) is 14.3. The summed E-state index contributed by atoms with van der Waals surface area (Å²) >= 11 is 1.88. The Balaban J connectivity index is 2.61. The summed E-state index contributed by atoms with van der Waals surface area (Å²) in [5.41, 5.74) is -0.498. The fraction of sp³-hybridized carbons (Fsp3) is 0.929. The molecule has 1 rings (SSSR count). The number of thioether (sulfide) groups is 1. The average Bonchev–Trinajstić information content (AvgIpc) is 2.44. The molecule has 0 aromatic heterocycles. The number of esters is 1. The Morgan fingerprint density at radius 2 is 2.37 bits per heavy atom. The molecule has 0 aromatic rings. The molecule has 0 bridgehead atoms. The lowest BCUT2D eigenvalue weighted by Gasteiger charge is -2.39. The van der Waals surface area contributed by atoms with Gasteiger partial charge in [-0.05, 0) is 43.9 Å². The summed E-state index contributed by atoms with van der Waals surface area (Å²) in [6.45, 7) is 5.08. The highest BCUT2D eigenvalue weighted by molar-refractivity contribution is 7.99. The molecule has 0 spiro atoms. The van der Waals surface area contributed by atoms with Crippen molar-refractivity contribution in [3.8, 4) is 0 Å². The van der Waals surface area contributed by atoms with Crippen molar-refractivity contribution in [2.45, 2.75) is 50.3 Å². The van der Waals surface area contributed by atoms with E-state index in [1.807, 2.05) is 25.6 Å². The van der Waals surface area contributed by atoms with Crippen LogP contribution < -0.4 is 5.32 Å². The fourth-order valence-corrected chi connectivity index (χ4v) is 4.11. The van der Waals surface area contributed by atoms with Gasteiger partial charge < -0.3 is 15.2 Å². The highest BCUT2D eigenvalue weighted by atomic mass is 32.2. The van der Waals surface area contributed by atoms with Crippen molar-refractivity contribution in [1.29, 1.82) is 0 Å². The molecule has 3 unspecified atom stereocenters. The number of nitrogens with one attached hydrogen (secondary N) is 1. The summed E-state index contributed by atoms with van der Waals surface area (Å²) in [5, 5.41) is 12.9. The smallest absolute Gasteiger partial charge is 0.326 e. The van der Waals surface area contributed by atoms with Gasteiger partial charge >= 0.3 is 5.97 Å². The minimum absolute atomic E-state index is 0.130. The zero-order valence-electron chi connectivity index (χ0n) is 12.3. The number of hydrogen-bond donors (Lipinski definition) is 2. The van der Waals surface area contributed by atoms with E-state index in [-0.39, 0.29) is 12.6 Å². The molecule has 1 saturated carbocycles. The summed E-state index contributed by atoms with van der Waals surface area (Å²) in [4.78, 5) is 12.1. The van der Waals surface area contributed by atoms with E-state index in [1.54, 1.807) is 0 Å². The first-order valence-electron chi connectivity index (χ1n) is 7.14. The van der Waals surface area contributed by atoms with Gasteiger partial charge in [0.15, 0.2) is 0 Å². The zero-order valence-corrected chi connectivity index (χ0v) is 13.1. The van der Waals surface area contributed by atoms with Crippen molar-refractivity contribution in [3.63, 3.8) is 0 Å². The molecule has 112 valence electrons. The number of carbonyl (C=O) groups is 1. The second-order valence-corrected chi connectivity index (χ2v) is 6.78. The third kappa shape index (κ3) is 4.65. The standard InChI is InChI=1S/C14H27NO3S/c1-4-15-14(13(17)18-3)7-5-6-12(8-14)19-10-11(2)9-16/h11-12,15-16H,4-10H2,1-3H3. The van der Waals surface area contributed by atoms with Gasteiger partial charge in [-0.1, -0.05) is 13.8 Å². The van der Waals surface area contributed by atoms with Crippen LogP contribution in [0.3, 0.4) is 0 Å². The Hall–Kier alpha value is -0.260. The molecule has 0 aliphatic heterocycles. The van der Waals surface area contributed by atoms with Crippen molar-refractivity contribution in [1.82, 2.24) is 5.32 Å². The molecule has 1 fully saturated rings. The number of methoxy groups -OCH3 is 1. The number of hydrogen-bond acceptors (Lipinski definition) is 5. The highest BCUT2D eigenvalue weighted by Gasteiger charge is 2.43. The molecule has 19 heavy (non-hydrogen) atoms. The third-order valence-electron chi connectivity index (χ3n) is 3.73. The Bertz CT molecular complexity index is 284. The summed E-state index contributed by atoms with van der Waals surface area (Å²) in [6.07, 6.45) is 3.89. The van der Waals surface area contributed by atoms with E-state index >= 15 is 0 Å². The Morgan fingerprint density at radius 1 is 1.63 bits per heavy atom. The van der Waals surface area contributed by atoms with Gasteiger partial charge in [0.2, 0.25) is 0 Å². The van der Waals surface area contributed by atoms with Crippen molar-refractivity contribution in [2.75, 3.05) is 26.0 Å². The molecule has 5 heteroatoms. The molecule has 0 aromatic carbocycles. The minimum atomic E-state index is -0.498. The van der Waals surface area contributed by atoms with Gasteiger partial charge in [-0.25, -0.2) is 0 Å². The van der Waals surface area contributed by atoms with E-state index in [4.69, 9.17) is 9.84 Å². The van der Waals surface area contributed by atoms with Crippen LogP contribution in [-0.4, -0.2) is 47.9 Å². The topological polar surface area (TPSA) is 58.6 Å². The van der Waals surface area contributed by atoms with Gasteiger partial charge in [-0.15, -0.1) is 0 Å².